The molecular weight excluding hydrogens is 338 g/mol. The van der Waals surface area contributed by atoms with E-state index in [0.717, 1.165) is 32.4 Å². The van der Waals surface area contributed by atoms with Gasteiger partial charge >= 0.3 is 0 Å². The molecule has 2 amide bonds. The first-order valence-corrected chi connectivity index (χ1v) is 8.91. The van der Waals surface area contributed by atoms with Crippen LogP contribution in [0.15, 0.2) is 30.3 Å². The van der Waals surface area contributed by atoms with Gasteiger partial charge in [-0.1, -0.05) is 30.3 Å². The fourth-order valence-electron chi connectivity index (χ4n) is 2.98. The molecular formula is C19H30ClN3O2. The van der Waals surface area contributed by atoms with Gasteiger partial charge in [-0.05, 0) is 31.7 Å². The third-order valence-corrected chi connectivity index (χ3v) is 4.49. The van der Waals surface area contributed by atoms with Crippen molar-refractivity contribution >= 4 is 24.2 Å². The van der Waals surface area contributed by atoms with E-state index in [9.17, 15) is 9.59 Å². The van der Waals surface area contributed by atoms with Crippen molar-refractivity contribution in [2.24, 2.45) is 5.73 Å². The number of amides is 2. The van der Waals surface area contributed by atoms with Crippen LogP contribution in [0.5, 0.6) is 0 Å². The standard InChI is InChI=1S/C19H29N3O2.ClH/c1-16(20)8-10-18(23)21-12-5-13-22(15-14-21)19(24)11-9-17-6-3-2-4-7-17;/h2-4,6-7,16H,5,8-15,20H2,1H3;1H. The lowest BCUT2D eigenvalue weighted by molar-refractivity contribution is -0.133. The monoisotopic (exact) mass is 367 g/mol. The average Bonchev–Trinajstić information content (AvgIpc) is 2.84. The predicted molar refractivity (Wildman–Crippen MR) is 103 cm³/mol. The van der Waals surface area contributed by atoms with Gasteiger partial charge in [-0.15, -0.1) is 12.4 Å². The summed E-state index contributed by atoms with van der Waals surface area (Å²) in [4.78, 5) is 28.4. The molecule has 140 valence electrons. The lowest BCUT2D eigenvalue weighted by Gasteiger charge is -2.22. The topological polar surface area (TPSA) is 66.6 Å². The molecule has 1 unspecified atom stereocenters. The number of halogens is 1. The lowest BCUT2D eigenvalue weighted by atomic mass is 10.1. The first-order valence-electron chi connectivity index (χ1n) is 8.91. The average molecular weight is 368 g/mol. The summed E-state index contributed by atoms with van der Waals surface area (Å²) in [6.07, 6.45) is 3.37. The van der Waals surface area contributed by atoms with E-state index < -0.39 is 0 Å². The molecule has 0 saturated carbocycles. The summed E-state index contributed by atoms with van der Waals surface area (Å²) >= 11 is 0. The maximum atomic E-state index is 12.4. The molecule has 0 bridgehead atoms. The second-order valence-electron chi connectivity index (χ2n) is 6.62. The van der Waals surface area contributed by atoms with Crippen LogP contribution >= 0.6 is 12.4 Å². The Hall–Kier alpha value is -1.59. The Bertz CT molecular complexity index is 537. The molecule has 1 fully saturated rings. The minimum atomic E-state index is 0. The number of aryl methyl sites for hydroxylation is 1. The van der Waals surface area contributed by atoms with Crippen molar-refractivity contribution in [1.82, 2.24) is 9.80 Å². The van der Waals surface area contributed by atoms with Crippen molar-refractivity contribution in [3.8, 4) is 0 Å². The SMILES string of the molecule is CC(N)CCC(=O)N1CCCN(C(=O)CCc2ccccc2)CC1.Cl. The quantitative estimate of drug-likeness (QED) is 0.838. The number of benzene rings is 1. The highest BCUT2D eigenvalue weighted by molar-refractivity contribution is 5.85. The van der Waals surface area contributed by atoms with E-state index in [1.54, 1.807) is 0 Å². The van der Waals surface area contributed by atoms with Crippen LogP contribution in [0.3, 0.4) is 0 Å². The predicted octanol–water partition coefficient (Wildman–Crippen LogP) is 2.23. The van der Waals surface area contributed by atoms with E-state index in [2.05, 4.69) is 12.1 Å². The Balaban J connectivity index is 0.00000312. The minimum Gasteiger partial charge on any atom is -0.341 e. The molecule has 5 nitrogen and oxygen atoms in total. The minimum absolute atomic E-state index is 0. The highest BCUT2D eigenvalue weighted by atomic mass is 35.5. The summed E-state index contributed by atoms with van der Waals surface area (Å²) in [7, 11) is 0. The van der Waals surface area contributed by atoms with E-state index in [-0.39, 0.29) is 30.3 Å². The van der Waals surface area contributed by atoms with Crippen LogP contribution < -0.4 is 5.73 Å². The van der Waals surface area contributed by atoms with Crippen LogP contribution in [0.25, 0.3) is 0 Å². The van der Waals surface area contributed by atoms with Gasteiger partial charge in [0.1, 0.15) is 0 Å². The number of rotatable bonds is 6. The van der Waals surface area contributed by atoms with Crippen molar-refractivity contribution in [1.29, 1.82) is 0 Å². The molecule has 0 radical (unpaired) electrons. The molecule has 1 aliphatic rings. The van der Waals surface area contributed by atoms with Crippen LogP contribution in [-0.4, -0.2) is 53.8 Å². The number of nitrogens with two attached hydrogens (primary N) is 1. The highest BCUT2D eigenvalue weighted by Crippen LogP contribution is 2.10. The zero-order valence-corrected chi connectivity index (χ0v) is 15.8. The van der Waals surface area contributed by atoms with Crippen molar-refractivity contribution in [2.45, 2.75) is 45.1 Å². The van der Waals surface area contributed by atoms with E-state index in [1.807, 2.05) is 34.9 Å². The lowest BCUT2D eigenvalue weighted by Crippen LogP contribution is -2.37. The summed E-state index contributed by atoms with van der Waals surface area (Å²) in [6, 6.07) is 10.1. The maximum Gasteiger partial charge on any atom is 0.222 e. The molecule has 1 aliphatic heterocycles. The van der Waals surface area contributed by atoms with Gasteiger partial charge in [0, 0.05) is 45.1 Å². The smallest absolute Gasteiger partial charge is 0.222 e. The number of nitrogens with zero attached hydrogens (tertiary/aromatic N) is 2. The van der Waals surface area contributed by atoms with Gasteiger partial charge in [0.05, 0.1) is 0 Å². The molecule has 1 saturated heterocycles. The molecule has 0 spiro atoms. The fraction of sp³-hybridized carbons (Fsp3) is 0.579. The highest BCUT2D eigenvalue weighted by Gasteiger charge is 2.21. The third kappa shape index (κ3) is 7.45. The molecule has 0 aromatic heterocycles. The number of carbonyl (C=O) groups excluding carboxylic acids is 2. The van der Waals surface area contributed by atoms with Gasteiger partial charge in [0.15, 0.2) is 0 Å². The molecule has 2 rings (SSSR count). The zero-order chi connectivity index (χ0) is 17.4. The van der Waals surface area contributed by atoms with Gasteiger partial charge in [0.25, 0.3) is 0 Å². The third-order valence-electron chi connectivity index (χ3n) is 4.49. The second-order valence-corrected chi connectivity index (χ2v) is 6.62. The normalized spacial score (nSPS) is 15.9. The Morgan fingerprint density at radius 1 is 1.00 bits per heavy atom. The molecule has 1 heterocycles. The fourth-order valence-corrected chi connectivity index (χ4v) is 2.98. The number of hydrogen-bond donors (Lipinski definition) is 1. The summed E-state index contributed by atoms with van der Waals surface area (Å²) in [6.45, 7) is 4.67. The van der Waals surface area contributed by atoms with Gasteiger partial charge in [0.2, 0.25) is 11.8 Å². The summed E-state index contributed by atoms with van der Waals surface area (Å²) < 4.78 is 0. The molecule has 2 N–H and O–H groups in total. The largest absolute Gasteiger partial charge is 0.341 e. The van der Waals surface area contributed by atoms with E-state index >= 15 is 0 Å². The second kappa shape index (κ2) is 11.1. The van der Waals surface area contributed by atoms with Crippen molar-refractivity contribution < 1.29 is 9.59 Å². The molecule has 1 aromatic carbocycles. The number of carbonyl (C=O) groups is 2. The van der Waals surface area contributed by atoms with Crippen LogP contribution in [0.2, 0.25) is 0 Å². The molecule has 6 heteroatoms. The zero-order valence-electron chi connectivity index (χ0n) is 15.0. The van der Waals surface area contributed by atoms with Gasteiger partial charge < -0.3 is 15.5 Å². The van der Waals surface area contributed by atoms with Crippen molar-refractivity contribution in [3.63, 3.8) is 0 Å². The van der Waals surface area contributed by atoms with Crippen LogP contribution in [0.4, 0.5) is 0 Å². The first kappa shape index (κ1) is 21.5. The van der Waals surface area contributed by atoms with E-state index in [1.165, 1.54) is 5.56 Å². The Morgan fingerprint density at radius 3 is 2.12 bits per heavy atom. The van der Waals surface area contributed by atoms with Crippen LogP contribution in [0, 0.1) is 0 Å². The summed E-state index contributed by atoms with van der Waals surface area (Å²) in [5, 5.41) is 0. The van der Waals surface area contributed by atoms with Gasteiger partial charge in [-0.3, -0.25) is 9.59 Å². The van der Waals surface area contributed by atoms with Gasteiger partial charge in [-0.25, -0.2) is 0 Å². The molecule has 0 aliphatic carbocycles. The Morgan fingerprint density at radius 2 is 1.56 bits per heavy atom. The van der Waals surface area contributed by atoms with Crippen LogP contribution in [-0.2, 0) is 16.0 Å². The molecule has 1 atom stereocenters. The van der Waals surface area contributed by atoms with Crippen molar-refractivity contribution in [3.05, 3.63) is 35.9 Å². The van der Waals surface area contributed by atoms with E-state index in [4.69, 9.17) is 5.73 Å². The Kier molecular flexibility index (Phi) is 9.53. The van der Waals surface area contributed by atoms with E-state index in [0.29, 0.717) is 25.9 Å². The molecule has 1 aromatic rings. The van der Waals surface area contributed by atoms with Gasteiger partial charge in [-0.2, -0.15) is 0 Å². The molecule has 25 heavy (non-hydrogen) atoms. The summed E-state index contributed by atoms with van der Waals surface area (Å²) in [5.41, 5.74) is 6.91. The Labute approximate surface area is 157 Å². The summed E-state index contributed by atoms with van der Waals surface area (Å²) in [5.74, 6) is 0.342. The van der Waals surface area contributed by atoms with Crippen LogP contribution in [0.1, 0.15) is 38.2 Å². The first-order chi connectivity index (χ1) is 11.6. The maximum absolute atomic E-state index is 12.4. The number of hydrogen-bond acceptors (Lipinski definition) is 3. The van der Waals surface area contributed by atoms with Crippen molar-refractivity contribution in [2.75, 3.05) is 26.2 Å².